The minimum absolute atomic E-state index is 0.0588. The van der Waals surface area contributed by atoms with Gasteiger partial charge in [-0.25, -0.2) is 4.39 Å². The van der Waals surface area contributed by atoms with Crippen LogP contribution in [0.3, 0.4) is 0 Å². The Labute approximate surface area is 90.2 Å². The van der Waals surface area contributed by atoms with Crippen LogP contribution >= 0.6 is 0 Å². The molecule has 0 aliphatic heterocycles. The summed E-state index contributed by atoms with van der Waals surface area (Å²) >= 11 is 0. The lowest BCUT2D eigenvalue weighted by Gasteiger charge is -1.97. The van der Waals surface area contributed by atoms with Crippen LogP contribution in [-0.2, 0) is 0 Å². The number of aromatic hydroxyl groups is 1. The van der Waals surface area contributed by atoms with Crippen LogP contribution in [0.4, 0.5) is 4.39 Å². The predicted molar refractivity (Wildman–Crippen MR) is 52.0 cm³/mol. The molecule has 2 N–H and O–H groups in total. The molecular formula is C10H9FN2O3. The fourth-order valence-corrected chi connectivity index (χ4v) is 1.17. The minimum Gasteiger partial charge on any atom is -0.505 e. The molecule has 6 heteroatoms. The second-order valence-electron chi connectivity index (χ2n) is 3.30. The summed E-state index contributed by atoms with van der Waals surface area (Å²) in [7, 11) is 0. The Morgan fingerprint density at radius 1 is 1.44 bits per heavy atom. The van der Waals surface area contributed by atoms with E-state index in [0.717, 1.165) is 6.07 Å². The maximum atomic E-state index is 13.0. The summed E-state index contributed by atoms with van der Waals surface area (Å²) in [6, 6.07) is 3.74. The standard InChI is InChI=1S/C10H9FN2O3/c1-5(14)10-12-9(13-16-10)6-2-3-8(15)7(11)4-6/h2-5,14-15H,1H3/t5-/m0/s1. The van der Waals surface area contributed by atoms with Gasteiger partial charge < -0.3 is 14.7 Å². The smallest absolute Gasteiger partial charge is 0.255 e. The molecule has 2 rings (SSSR count). The van der Waals surface area contributed by atoms with Crippen LogP contribution in [0.2, 0.25) is 0 Å². The van der Waals surface area contributed by atoms with E-state index >= 15 is 0 Å². The van der Waals surface area contributed by atoms with Crippen molar-refractivity contribution < 1.29 is 19.1 Å². The SMILES string of the molecule is C[C@H](O)c1nc(-c2ccc(O)c(F)c2)no1. The summed E-state index contributed by atoms with van der Waals surface area (Å²) in [5.74, 6) is -0.984. The van der Waals surface area contributed by atoms with Crippen LogP contribution in [0.15, 0.2) is 22.7 Å². The van der Waals surface area contributed by atoms with Crippen LogP contribution in [-0.4, -0.2) is 20.4 Å². The molecule has 0 saturated heterocycles. The molecule has 0 spiro atoms. The van der Waals surface area contributed by atoms with Gasteiger partial charge in [-0.05, 0) is 25.1 Å². The van der Waals surface area contributed by atoms with Gasteiger partial charge in [0.05, 0.1) is 0 Å². The van der Waals surface area contributed by atoms with Crippen molar-refractivity contribution in [1.29, 1.82) is 0 Å². The summed E-state index contributed by atoms with van der Waals surface area (Å²) < 4.78 is 17.8. The number of phenols is 1. The average molecular weight is 224 g/mol. The van der Waals surface area contributed by atoms with Crippen molar-refractivity contribution in [3.05, 3.63) is 29.9 Å². The van der Waals surface area contributed by atoms with Crippen molar-refractivity contribution in [2.24, 2.45) is 0 Å². The van der Waals surface area contributed by atoms with Crippen LogP contribution < -0.4 is 0 Å². The lowest BCUT2D eigenvalue weighted by atomic mass is 10.2. The van der Waals surface area contributed by atoms with Crippen molar-refractivity contribution >= 4 is 0 Å². The lowest BCUT2D eigenvalue weighted by Crippen LogP contribution is -1.90. The fraction of sp³-hybridized carbons (Fsp3) is 0.200. The zero-order chi connectivity index (χ0) is 11.7. The van der Waals surface area contributed by atoms with E-state index in [4.69, 9.17) is 9.63 Å². The summed E-state index contributed by atoms with van der Waals surface area (Å²) in [5.41, 5.74) is 0.367. The molecule has 84 valence electrons. The van der Waals surface area contributed by atoms with Gasteiger partial charge in [0.1, 0.15) is 6.10 Å². The second-order valence-corrected chi connectivity index (χ2v) is 3.30. The monoisotopic (exact) mass is 224 g/mol. The van der Waals surface area contributed by atoms with E-state index in [-0.39, 0.29) is 11.7 Å². The molecule has 16 heavy (non-hydrogen) atoms. The van der Waals surface area contributed by atoms with E-state index in [2.05, 4.69) is 10.1 Å². The summed E-state index contributed by atoms with van der Waals surface area (Å²) in [5, 5.41) is 21.8. The third-order valence-electron chi connectivity index (χ3n) is 2.01. The van der Waals surface area contributed by atoms with E-state index < -0.39 is 17.7 Å². The molecule has 0 amide bonds. The van der Waals surface area contributed by atoms with Gasteiger partial charge in [0.2, 0.25) is 5.82 Å². The van der Waals surface area contributed by atoms with Gasteiger partial charge >= 0.3 is 0 Å². The number of aromatic nitrogens is 2. The number of phenolic OH excluding ortho intramolecular Hbond substituents is 1. The molecule has 1 aromatic carbocycles. The number of aliphatic hydroxyl groups excluding tert-OH is 1. The number of hydrogen-bond acceptors (Lipinski definition) is 5. The Balaban J connectivity index is 2.39. The van der Waals surface area contributed by atoms with Crippen molar-refractivity contribution in [2.45, 2.75) is 13.0 Å². The Kier molecular flexibility index (Phi) is 2.57. The molecule has 0 bridgehead atoms. The van der Waals surface area contributed by atoms with Crippen molar-refractivity contribution in [2.75, 3.05) is 0 Å². The number of hydrogen-bond donors (Lipinski definition) is 2. The van der Waals surface area contributed by atoms with Crippen LogP contribution in [0.5, 0.6) is 5.75 Å². The molecular weight excluding hydrogens is 215 g/mol. The minimum atomic E-state index is -0.872. The van der Waals surface area contributed by atoms with Crippen LogP contribution in [0.25, 0.3) is 11.4 Å². The molecule has 1 aromatic heterocycles. The number of halogens is 1. The molecule has 0 aliphatic carbocycles. The first-order valence-electron chi connectivity index (χ1n) is 4.58. The quantitative estimate of drug-likeness (QED) is 0.810. The van der Waals surface area contributed by atoms with E-state index in [0.29, 0.717) is 5.56 Å². The number of rotatable bonds is 2. The highest BCUT2D eigenvalue weighted by Gasteiger charge is 2.13. The number of benzene rings is 1. The summed E-state index contributed by atoms with van der Waals surface area (Å²) in [6.07, 6.45) is -0.872. The summed E-state index contributed by atoms with van der Waals surface area (Å²) in [6.45, 7) is 1.48. The molecule has 0 unspecified atom stereocenters. The number of aliphatic hydroxyl groups is 1. The first-order valence-corrected chi connectivity index (χ1v) is 4.58. The Hall–Kier alpha value is -1.95. The van der Waals surface area contributed by atoms with Crippen molar-refractivity contribution in [3.63, 3.8) is 0 Å². The predicted octanol–water partition coefficient (Wildman–Crippen LogP) is 1.63. The zero-order valence-electron chi connectivity index (χ0n) is 8.38. The third kappa shape index (κ3) is 1.87. The molecule has 0 saturated carbocycles. The lowest BCUT2D eigenvalue weighted by molar-refractivity contribution is 0.152. The van der Waals surface area contributed by atoms with Gasteiger partial charge in [0.25, 0.3) is 5.89 Å². The second kappa shape index (κ2) is 3.90. The first kappa shape index (κ1) is 10.6. The third-order valence-corrected chi connectivity index (χ3v) is 2.01. The van der Waals surface area contributed by atoms with Gasteiger partial charge in [-0.15, -0.1) is 0 Å². The topological polar surface area (TPSA) is 79.4 Å². The molecule has 1 heterocycles. The van der Waals surface area contributed by atoms with Crippen LogP contribution in [0.1, 0.15) is 18.9 Å². The Morgan fingerprint density at radius 2 is 2.19 bits per heavy atom. The van der Waals surface area contributed by atoms with Gasteiger partial charge in [-0.2, -0.15) is 4.98 Å². The highest BCUT2D eigenvalue weighted by molar-refractivity contribution is 5.55. The molecule has 0 radical (unpaired) electrons. The largest absolute Gasteiger partial charge is 0.505 e. The van der Waals surface area contributed by atoms with Gasteiger partial charge in [0.15, 0.2) is 11.6 Å². The normalized spacial score (nSPS) is 12.7. The summed E-state index contributed by atoms with van der Waals surface area (Å²) in [4.78, 5) is 3.87. The molecule has 0 aliphatic rings. The first-order chi connectivity index (χ1) is 7.58. The van der Waals surface area contributed by atoms with E-state index in [1.54, 1.807) is 0 Å². The Morgan fingerprint density at radius 3 is 2.75 bits per heavy atom. The van der Waals surface area contributed by atoms with Gasteiger partial charge in [-0.1, -0.05) is 5.16 Å². The average Bonchev–Trinajstić information content (AvgIpc) is 2.71. The van der Waals surface area contributed by atoms with Gasteiger partial charge in [0, 0.05) is 5.56 Å². The molecule has 1 atom stereocenters. The number of nitrogens with zero attached hydrogens (tertiary/aromatic N) is 2. The van der Waals surface area contributed by atoms with Crippen molar-refractivity contribution in [1.82, 2.24) is 10.1 Å². The highest BCUT2D eigenvalue weighted by atomic mass is 19.1. The van der Waals surface area contributed by atoms with Crippen LogP contribution in [0, 0.1) is 5.82 Å². The van der Waals surface area contributed by atoms with Gasteiger partial charge in [-0.3, -0.25) is 0 Å². The fourth-order valence-electron chi connectivity index (χ4n) is 1.17. The maximum absolute atomic E-state index is 13.0. The molecule has 5 nitrogen and oxygen atoms in total. The van der Waals surface area contributed by atoms with E-state index in [1.807, 2.05) is 0 Å². The molecule has 0 fully saturated rings. The Bertz CT molecular complexity index is 511. The zero-order valence-corrected chi connectivity index (χ0v) is 8.38. The van der Waals surface area contributed by atoms with E-state index in [9.17, 15) is 9.50 Å². The highest BCUT2D eigenvalue weighted by Crippen LogP contribution is 2.23. The van der Waals surface area contributed by atoms with Crippen molar-refractivity contribution in [3.8, 4) is 17.1 Å². The van der Waals surface area contributed by atoms with E-state index in [1.165, 1.54) is 19.1 Å². The maximum Gasteiger partial charge on any atom is 0.255 e. The molecule has 2 aromatic rings.